The highest BCUT2D eigenvalue weighted by atomic mass is 16.6. The summed E-state index contributed by atoms with van der Waals surface area (Å²) in [5.74, 6) is -0.0718. The average molecular weight is 374 g/mol. The van der Waals surface area contributed by atoms with Crippen LogP contribution in [0, 0.1) is 0 Å². The molecular formula is C16H18N6O5. The van der Waals surface area contributed by atoms with Gasteiger partial charge in [-0.2, -0.15) is 4.98 Å². The minimum Gasteiger partial charge on any atom is -0.394 e. The molecule has 0 radical (unpaired) electrons. The number of ether oxygens (including phenoxy) is 2. The van der Waals surface area contributed by atoms with Gasteiger partial charge >= 0.3 is 0 Å². The first kappa shape index (κ1) is 17.5. The van der Waals surface area contributed by atoms with Crippen LogP contribution < -0.4 is 11.3 Å². The molecule has 0 amide bonds. The Bertz CT molecular complexity index is 990. The van der Waals surface area contributed by atoms with Gasteiger partial charge in [-0.25, -0.2) is 4.98 Å². The highest BCUT2D eigenvalue weighted by molar-refractivity contribution is 5.70. The minimum atomic E-state index is -1.10. The summed E-state index contributed by atoms with van der Waals surface area (Å²) in [6.07, 6.45) is -0.665. The number of aliphatic hydroxyl groups is 2. The Kier molecular flexibility index (Phi) is 4.58. The molecule has 3 aromatic heterocycles. The molecule has 27 heavy (non-hydrogen) atoms. The Balaban J connectivity index is 1.68. The molecule has 0 spiro atoms. The first-order chi connectivity index (χ1) is 13.1. The van der Waals surface area contributed by atoms with Crippen molar-refractivity contribution < 1.29 is 19.7 Å². The highest BCUT2D eigenvalue weighted by Gasteiger charge is 2.46. The van der Waals surface area contributed by atoms with Crippen molar-refractivity contribution in [1.82, 2.24) is 24.5 Å². The maximum absolute atomic E-state index is 12.0. The summed E-state index contributed by atoms with van der Waals surface area (Å²) in [5, 5.41) is 20.0. The lowest BCUT2D eigenvalue weighted by Gasteiger charge is -2.22. The summed E-state index contributed by atoms with van der Waals surface area (Å²) in [7, 11) is 0. The lowest BCUT2D eigenvalue weighted by atomic mass is 10.1. The van der Waals surface area contributed by atoms with Gasteiger partial charge in [0.05, 0.1) is 25.2 Å². The zero-order valence-corrected chi connectivity index (χ0v) is 14.1. The maximum Gasteiger partial charge on any atom is 0.280 e. The lowest BCUT2D eigenvalue weighted by molar-refractivity contribution is -0.0767. The van der Waals surface area contributed by atoms with Gasteiger partial charge in [-0.1, -0.05) is 6.07 Å². The Morgan fingerprint density at radius 3 is 2.96 bits per heavy atom. The van der Waals surface area contributed by atoms with E-state index in [0.29, 0.717) is 5.69 Å². The van der Waals surface area contributed by atoms with Crippen LogP contribution in [0.4, 0.5) is 5.95 Å². The number of rotatable bonds is 5. The molecule has 1 saturated heterocycles. The number of nitrogens with two attached hydrogens (primary N) is 1. The predicted octanol–water partition coefficient (Wildman–Crippen LogP) is -1.07. The highest BCUT2D eigenvalue weighted by Crippen LogP contribution is 2.33. The number of H-pyrrole nitrogens is 1. The number of hydrogen-bond donors (Lipinski definition) is 4. The number of nitrogens with zero attached hydrogens (tertiary/aromatic N) is 4. The largest absolute Gasteiger partial charge is 0.394 e. The van der Waals surface area contributed by atoms with Crippen LogP contribution >= 0.6 is 0 Å². The summed E-state index contributed by atoms with van der Waals surface area (Å²) in [6.45, 7) is -0.271. The Hall–Kier alpha value is -2.86. The van der Waals surface area contributed by atoms with Crippen molar-refractivity contribution >= 4 is 17.1 Å². The van der Waals surface area contributed by atoms with Crippen molar-refractivity contribution in [3.63, 3.8) is 0 Å². The van der Waals surface area contributed by atoms with Crippen LogP contribution in [0.25, 0.3) is 11.2 Å². The minimum absolute atomic E-state index is 0.0718. The van der Waals surface area contributed by atoms with Crippen molar-refractivity contribution in [2.24, 2.45) is 0 Å². The van der Waals surface area contributed by atoms with E-state index in [1.165, 1.54) is 10.9 Å². The molecular weight excluding hydrogens is 356 g/mol. The van der Waals surface area contributed by atoms with E-state index in [4.69, 9.17) is 15.2 Å². The summed E-state index contributed by atoms with van der Waals surface area (Å²) < 4.78 is 13.0. The van der Waals surface area contributed by atoms with E-state index in [1.807, 2.05) is 6.07 Å². The molecule has 0 saturated carbocycles. The van der Waals surface area contributed by atoms with Gasteiger partial charge in [-0.3, -0.25) is 19.3 Å². The number of aromatic nitrogens is 5. The molecule has 11 nitrogen and oxygen atoms in total. The molecule has 4 heterocycles. The van der Waals surface area contributed by atoms with Gasteiger partial charge in [-0.15, -0.1) is 0 Å². The van der Waals surface area contributed by atoms with E-state index in [-0.39, 0.29) is 23.7 Å². The molecule has 1 fully saturated rings. The van der Waals surface area contributed by atoms with E-state index in [1.54, 1.807) is 18.3 Å². The summed E-state index contributed by atoms with van der Waals surface area (Å²) in [5.41, 5.74) is 6.08. The topological polar surface area (TPSA) is 161 Å². The number of anilines is 1. The fourth-order valence-electron chi connectivity index (χ4n) is 3.07. The second kappa shape index (κ2) is 7.04. The SMILES string of the molecule is Nc1nc2c(ncn2[C@@H]2O[C@H](CO)C(O)[C@@H]2OCc2ccccn2)c(=O)[nH]1. The Morgan fingerprint density at radius 2 is 2.22 bits per heavy atom. The predicted molar refractivity (Wildman–Crippen MR) is 92.4 cm³/mol. The fraction of sp³-hybridized carbons (Fsp3) is 0.375. The number of pyridine rings is 1. The second-order valence-electron chi connectivity index (χ2n) is 6.11. The van der Waals surface area contributed by atoms with Crippen molar-refractivity contribution in [3.05, 3.63) is 46.8 Å². The molecule has 0 bridgehead atoms. The van der Waals surface area contributed by atoms with Crippen LogP contribution in [-0.2, 0) is 16.1 Å². The molecule has 11 heteroatoms. The zero-order valence-electron chi connectivity index (χ0n) is 14.1. The van der Waals surface area contributed by atoms with Gasteiger partial charge in [0.25, 0.3) is 5.56 Å². The molecule has 5 N–H and O–H groups in total. The third-order valence-corrected chi connectivity index (χ3v) is 4.37. The molecule has 1 aliphatic rings. The molecule has 4 rings (SSSR count). The van der Waals surface area contributed by atoms with Gasteiger partial charge in [0.15, 0.2) is 17.4 Å². The smallest absolute Gasteiger partial charge is 0.280 e. The normalized spacial score (nSPS) is 25.3. The molecule has 142 valence electrons. The summed E-state index contributed by atoms with van der Waals surface area (Å²) in [6, 6.07) is 5.39. The van der Waals surface area contributed by atoms with Gasteiger partial charge in [0, 0.05) is 6.20 Å². The molecule has 4 atom stereocenters. The number of aliphatic hydroxyl groups excluding tert-OH is 2. The van der Waals surface area contributed by atoms with E-state index < -0.39 is 36.7 Å². The van der Waals surface area contributed by atoms with Crippen LogP contribution in [0.3, 0.4) is 0 Å². The van der Waals surface area contributed by atoms with Gasteiger partial charge in [0.1, 0.15) is 18.3 Å². The van der Waals surface area contributed by atoms with Gasteiger partial charge < -0.3 is 25.4 Å². The zero-order chi connectivity index (χ0) is 19.0. The van der Waals surface area contributed by atoms with Crippen LogP contribution in [0.2, 0.25) is 0 Å². The molecule has 1 aliphatic heterocycles. The van der Waals surface area contributed by atoms with Crippen LogP contribution in [-0.4, -0.2) is 59.6 Å². The standard InChI is InChI=1S/C16H18N6O5/c17-16-20-13-10(14(25)21-16)19-7-22(13)15-12(11(24)9(5-23)27-15)26-6-8-3-1-2-4-18-8/h1-4,7,9,11-12,15,23-24H,5-6H2,(H3,17,20,21,25)/t9-,11?,12+,15-/m1/s1. The lowest BCUT2D eigenvalue weighted by Crippen LogP contribution is -2.35. The molecule has 3 aromatic rings. The van der Waals surface area contributed by atoms with E-state index in [9.17, 15) is 15.0 Å². The number of aromatic amines is 1. The van der Waals surface area contributed by atoms with Crippen LogP contribution in [0.1, 0.15) is 11.9 Å². The third-order valence-electron chi connectivity index (χ3n) is 4.37. The molecule has 1 unspecified atom stereocenters. The van der Waals surface area contributed by atoms with Crippen LogP contribution in [0.5, 0.6) is 0 Å². The monoisotopic (exact) mass is 374 g/mol. The number of nitrogens with one attached hydrogen (secondary N) is 1. The molecule has 0 aliphatic carbocycles. The first-order valence-electron chi connectivity index (χ1n) is 8.26. The van der Waals surface area contributed by atoms with Gasteiger partial charge in [0.2, 0.25) is 5.95 Å². The average Bonchev–Trinajstić information content (AvgIpc) is 3.21. The Labute approximate surface area is 152 Å². The van der Waals surface area contributed by atoms with E-state index >= 15 is 0 Å². The van der Waals surface area contributed by atoms with E-state index in [0.717, 1.165) is 0 Å². The maximum atomic E-state index is 12.0. The number of fused-ring (bicyclic) bond motifs is 1. The molecule has 0 aromatic carbocycles. The number of nitrogen functional groups attached to an aromatic ring is 1. The van der Waals surface area contributed by atoms with Crippen molar-refractivity contribution in [2.75, 3.05) is 12.3 Å². The van der Waals surface area contributed by atoms with Crippen molar-refractivity contribution in [3.8, 4) is 0 Å². The van der Waals surface area contributed by atoms with Crippen molar-refractivity contribution in [1.29, 1.82) is 0 Å². The van der Waals surface area contributed by atoms with Gasteiger partial charge in [-0.05, 0) is 12.1 Å². The summed E-state index contributed by atoms with van der Waals surface area (Å²) in [4.78, 5) is 26.7. The fourth-order valence-corrected chi connectivity index (χ4v) is 3.07. The van der Waals surface area contributed by atoms with Crippen molar-refractivity contribution in [2.45, 2.75) is 31.1 Å². The quantitative estimate of drug-likeness (QED) is 0.436. The summed E-state index contributed by atoms with van der Waals surface area (Å²) >= 11 is 0. The number of hydrogen-bond acceptors (Lipinski definition) is 9. The van der Waals surface area contributed by atoms with E-state index in [2.05, 4.69) is 19.9 Å². The third kappa shape index (κ3) is 3.17. The Morgan fingerprint density at radius 1 is 1.37 bits per heavy atom. The first-order valence-corrected chi connectivity index (χ1v) is 8.26. The number of imidazole rings is 1. The van der Waals surface area contributed by atoms with Crippen LogP contribution in [0.15, 0.2) is 35.5 Å². The second-order valence-corrected chi connectivity index (χ2v) is 6.11.